The molecule has 26 heavy (non-hydrogen) atoms. The van der Waals surface area contributed by atoms with E-state index in [9.17, 15) is 4.79 Å². The highest BCUT2D eigenvalue weighted by molar-refractivity contribution is 6.15. The number of nitrogens with zero attached hydrogens (tertiary/aromatic N) is 3. The number of rotatable bonds is 7. The van der Waals surface area contributed by atoms with Gasteiger partial charge in [0.25, 0.3) is 0 Å². The first kappa shape index (κ1) is 17.8. The van der Waals surface area contributed by atoms with Gasteiger partial charge in [-0.05, 0) is 31.7 Å². The molecule has 0 spiro atoms. The molecule has 1 atom stereocenters. The molecule has 0 radical (unpaired) electrons. The largest absolute Gasteiger partial charge is 0.450 e. The third-order valence-electron chi connectivity index (χ3n) is 4.04. The van der Waals surface area contributed by atoms with Crippen molar-refractivity contribution in [1.82, 2.24) is 10.6 Å². The summed E-state index contributed by atoms with van der Waals surface area (Å²) in [6.07, 6.45) is 5.96. The third kappa shape index (κ3) is 4.78. The average molecular weight is 353 g/mol. The Hall–Kier alpha value is -2.96. The summed E-state index contributed by atoms with van der Waals surface area (Å²) in [6, 6.07) is 10.3. The van der Waals surface area contributed by atoms with Gasteiger partial charge in [-0.25, -0.2) is 14.8 Å². The van der Waals surface area contributed by atoms with E-state index in [4.69, 9.17) is 4.74 Å². The Bertz CT molecular complexity index is 752. The number of amides is 1. The SMILES string of the molecule is CCOC(=O)NC1=NC2=NC=NC2C(NCCCCc2ccccc2)=C1. The molecule has 1 aromatic rings. The van der Waals surface area contributed by atoms with Crippen molar-refractivity contribution < 1.29 is 9.53 Å². The Labute approximate surface area is 153 Å². The molecule has 1 unspecified atom stereocenters. The van der Waals surface area contributed by atoms with Crippen molar-refractivity contribution in [3.8, 4) is 0 Å². The van der Waals surface area contributed by atoms with Crippen LogP contribution in [0, 0.1) is 0 Å². The Morgan fingerprint density at radius 1 is 1.23 bits per heavy atom. The lowest BCUT2D eigenvalue weighted by molar-refractivity contribution is 0.158. The number of aryl methyl sites for hydroxylation is 1. The summed E-state index contributed by atoms with van der Waals surface area (Å²) in [4.78, 5) is 24.4. The number of aliphatic imine (C=N–C) groups is 3. The summed E-state index contributed by atoms with van der Waals surface area (Å²) in [6.45, 7) is 2.89. The molecule has 7 heteroatoms. The van der Waals surface area contributed by atoms with E-state index in [2.05, 4.69) is 49.9 Å². The fourth-order valence-electron chi connectivity index (χ4n) is 2.80. The molecular weight excluding hydrogens is 330 g/mol. The van der Waals surface area contributed by atoms with Gasteiger partial charge in [-0.1, -0.05) is 30.3 Å². The second-order valence-electron chi connectivity index (χ2n) is 5.97. The minimum absolute atomic E-state index is 0.211. The lowest BCUT2D eigenvalue weighted by Gasteiger charge is -2.20. The number of carbonyl (C=O) groups excluding carboxylic acids is 1. The minimum atomic E-state index is -0.525. The van der Waals surface area contributed by atoms with Gasteiger partial charge in [0.05, 0.1) is 6.61 Å². The van der Waals surface area contributed by atoms with Crippen LogP contribution in [-0.2, 0) is 11.2 Å². The zero-order valence-corrected chi connectivity index (χ0v) is 14.8. The van der Waals surface area contributed by atoms with Crippen molar-refractivity contribution in [1.29, 1.82) is 0 Å². The maximum absolute atomic E-state index is 11.6. The smallest absolute Gasteiger partial charge is 0.412 e. The standard InChI is InChI=1S/C19H23N5O2/c1-2-26-19(25)24-16-12-15(17-18(23-16)22-13-21-17)20-11-7-6-10-14-8-4-3-5-9-14/h3-5,8-9,12-13,17,20H,2,6-7,10-11H2,1H3,(H,21,22,23,24,25). The minimum Gasteiger partial charge on any atom is -0.450 e. The molecule has 0 aliphatic carbocycles. The first-order valence-electron chi connectivity index (χ1n) is 8.87. The normalized spacial score (nSPS) is 17.7. The number of alkyl carbamates (subject to hydrolysis) is 1. The molecule has 2 N–H and O–H groups in total. The highest BCUT2D eigenvalue weighted by atomic mass is 16.5. The number of nitrogens with one attached hydrogen (secondary N) is 2. The fraction of sp³-hybridized carbons (Fsp3) is 0.368. The van der Waals surface area contributed by atoms with Crippen molar-refractivity contribution in [2.24, 2.45) is 15.0 Å². The van der Waals surface area contributed by atoms with E-state index >= 15 is 0 Å². The van der Waals surface area contributed by atoms with Crippen molar-refractivity contribution in [3.05, 3.63) is 47.7 Å². The number of fused-ring (bicyclic) bond motifs is 1. The highest BCUT2D eigenvalue weighted by Gasteiger charge is 2.27. The summed E-state index contributed by atoms with van der Waals surface area (Å²) in [5.41, 5.74) is 2.24. The molecule has 0 aromatic heterocycles. The zero-order valence-electron chi connectivity index (χ0n) is 14.8. The molecule has 136 valence electrons. The number of hydrogen-bond donors (Lipinski definition) is 2. The Kier molecular flexibility index (Phi) is 6.14. The zero-order chi connectivity index (χ0) is 18.2. The highest BCUT2D eigenvalue weighted by Crippen LogP contribution is 2.16. The summed E-state index contributed by atoms with van der Waals surface area (Å²) in [5.74, 6) is 0.988. The van der Waals surface area contributed by atoms with Gasteiger partial charge in [0, 0.05) is 18.3 Å². The van der Waals surface area contributed by atoms with Crippen LogP contribution in [0.1, 0.15) is 25.3 Å². The van der Waals surface area contributed by atoms with Gasteiger partial charge in [0.2, 0.25) is 0 Å². The van der Waals surface area contributed by atoms with Gasteiger partial charge < -0.3 is 10.1 Å². The molecule has 2 aliphatic rings. The van der Waals surface area contributed by atoms with Gasteiger partial charge >= 0.3 is 6.09 Å². The molecule has 0 fully saturated rings. The Morgan fingerprint density at radius 3 is 2.88 bits per heavy atom. The quantitative estimate of drug-likeness (QED) is 0.738. The molecule has 3 rings (SSSR count). The van der Waals surface area contributed by atoms with Gasteiger partial charge in [-0.15, -0.1) is 0 Å². The number of hydrogen-bond acceptors (Lipinski definition) is 6. The van der Waals surface area contributed by atoms with Gasteiger partial charge in [-0.2, -0.15) is 0 Å². The predicted molar refractivity (Wildman–Crippen MR) is 103 cm³/mol. The van der Waals surface area contributed by atoms with Crippen molar-refractivity contribution in [2.75, 3.05) is 13.2 Å². The van der Waals surface area contributed by atoms with Crippen molar-refractivity contribution in [3.63, 3.8) is 0 Å². The monoisotopic (exact) mass is 353 g/mol. The second kappa shape index (κ2) is 8.94. The first-order chi connectivity index (χ1) is 12.8. The molecule has 2 aliphatic heterocycles. The van der Waals surface area contributed by atoms with Gasteiger partial charge in [0.1, 0.15) is 12.2 Å². The van der Waals surface area contributed by atoms with Crippen LogP contribution in [0.3, 0.4) is 0 Å². The van der Waals surface area contributed by atoms with E-state index in [0.717, 1.165) is 31.5 Å². The van der Waals surface area contributed by atoms with Crippen LogP contribution in [0.4, 0.5) is 4.79 Å². The Morgan fingerprint density at radius 2 is 2.08 bits per heavy atom. The maximum Gasteiger partial charge on any atom is 0.412 e. The van der Waals surface area contributed by atoms with E-state index in [1.807, 2.05) is 6.07 Å². The molecule has 0 bridgehead atoms. The first-order valence-corrected chi connectivity index (χ1v) is 8.87. The molecule has 1 amide bonds. The predicted octanol–water partition coefficient (Wildman–Crippen LogP) is 2.45. The van der Waals surface area contributed by atoms with Crippen LogP contribution < -0.4 is 10.6 Å². The van der Waals surface area contributed by atoms with Crippen LogP contribution in [0.2, 0.25) is 0 Å². The molecule has 0 saturated heterocycles. The third-order valence-corrected chi connectivity index (χ3v) is 4.04. The van der Waals surface area contributed by atoms with Crippen molar-refractivity contribution >= 4 is 24.1 Å². The Balaban J connectivity index is 1.51. The number of dihydropyridines is 1. The fourth-order valence-corrected chi connectivity index (χ4v) is 2.80. The van der Waals surface area contributed by atoms with E-state index in [-0.39, 0.29) is 6.04 Å². The summed E-state index contributed by atoms with van der Waals surface area (Å²) in [7, 11) is 0. The van der Waals surface area contributed by atoms with Crippen LogP contribution in [0.25, 0.3) is 0 Å². The van der Waals surface area contributed by atoms with Crippen LogP contribution in [0.5, 0.6) is 0 Å². The lowest BCUT2D eigenvalue weighted by atomic mass is 10.1. The topological polar surface area (TPSA) is 87.4 Å². The van der Waals surface area contributed by atoms with E-state index in [1.165, 1.54) is 11.9 Å². The van der Waals surface area contributed by atoms with Gasteiger partial charge in [0.15, 0.2) is 11.9 Å². The second-order valence-corrected chi connectivity index (χ2v) is 5.97. The summed E-state index contributed by atoms with van der Waals surface area (Å²) < 4.78 is 4.89. The molecule has 7 nitrogen and oxygen atoms in total. The van der Waals surface area contributed by atoms with Crippen LogP contribution in [0.15, 0.2) is 57.1 Å². The number of amidine groups is 2. The van der Waals surface area contributed by atoms with Crippen LogP contribution >= 0.6 is 0 Å². The molecule has 1 aromatic carbocycles. The number of carbonyl (C=O) groups is 1. The van der Waals surface area contributed by atoms with E-state index in [0.29, 0.717) is 18.3 Å². The van der Waals surface area contributed by atoms with E-state index < -0.39 is 6.09 Å². The lowest BCUT2D eigenvalue weighted by Crippen LogP contribution is -2.38. The van der Waals surface area contributed by atoms with Crippen LogP contribution in [-0.4, -0.2) is 43.3 Å². The molecule has 0 saturated carbocycles. The number of ether oxygens (including phenoxy) is 1. The molecule has 2 heterocycles. The number of benzene rings is 1. The summed E-state index contributed by atoms with van der Waals surface area (Å²) in [5, 5.41) is 6.03. The van der Waals surface area contributed by atoms with E-state index in [1.54, 1.807) is 13.0 Å². The number of unbranched alkanes of at least 4 members (excludes halogenated alkanes) is 1. The molecular formula is C19H23N5O2. The maximum atomic E-state index is 11.6. The van der Waals surface area contributed by atoms with Gasteiger partial charge in [-0.3, -0.25) is 10.3 Å². The summed E-state index contributed by atoms with van der Waals surface area (Å²) >= 11 is 0. The average Bonchev–Trinajstić information content (AvgIpc) is 3.11. The van der Waals surface area contributed by atoms with Crippen molar-refractivity contribution in [2.45, 2.75) is 32.2 Å².